The fourth-order valence-corrected chi connectivity index (χ4v) is 1.47. The Balaban J connectivity index is 2.97. The molecule has 2 atom stereocenters. The van der Waals surface area contributed by atoms with Gasteiger partial charge in [0.2, 0.25) is 0 Å². The number of nitrogens with two attached hydrogens (primary N) is 1. The predicted molar refractivity (Wildman–Crippen MR) is 62.2 cm³/mol. The quantitative estimate of drug-likeness (QED) is 0.574. The number of phenolic OH excluding ortho intramolecular Hbond substituents is 2. The molecule has 1 rings (SSSR count). The Hall–Kier alpha value is -1.26. The van der Waals surface area contributed by atoms with Crippen LogP contribution >= 0.6 is 0 Å². The molecule has 0 aliphatic rings. The number of aliphatic hydroxyl groups is 1. The Morgan fingerprint density at radius 1 is 1.12 bits per heavy atom. The average Bonchev–Trinajstić information content (AvgIpc) is 2.18. The lowest BCUT2D eigenvalue weighted by Gasteiger charge is -2.31. The molecule has 1 aromatic rings. The Bertz CT molecular complexity index is 371. The monoisotopic (exact) mass is 225 g/mol. The summed E-state index contributed by atoms with van der Waals surface area (Å²) in [4.78, 5) is 0. The van der Waals surface area contributed by atoms with E-state index in [-0.39, 0.29) is 16.9 Å². The second kappa shape index (κ2) is 4.31. The van der Waals surface area contributed by atoms with E-state index < -0.39 is 12.1 Å². The van der Waals surface area contributed by atoms with Gasteiger partial charge in [0.1, 0.15) is 0 Å². The van der Waals surface area contributed by atoms with Crippen molar-refractivity contribution in [1.29, 1.82) is 0 Å². The van der Waals surface area contributed by atoms with E-state index in [0.29, 0.717) is 5.56 Å². The van der Waals surface area contributed by atoms with Crippen LogP contribution in [0.4, 0.5) is 0 Å². The van der Waals surface area contributed by atoms with Gasteiger partial charge in [0.05, 0.1) is 12.1 Å². The summed E-state index contributed by atoms with van der Waals surface area (Å²) in [7, 11) is 0. The van der Waals surface area contributed by atoms with E-state index >= 15 is 0 Å². The van der Waals surface area contributed by atoms with Crippen molar-refractivity contribution in [3.8, 4) is 11.5 Å². The van der Waals surface area contributed by atoms with E-state index in [2.05, 4.69) is 0 Å². The molecule has 0 fully saturated rings. The van der Waals surface area contributed by atoms with Gasteiger partial charge in [-0.05, 0) is 23.1 Å². The van der Waals surface area contributed by atoms with E-state index in [4.69, 9.17) is 5.73 Å². The summed E-state index contributed by atoms with van der Waals surface area (Å²) < 4.78 is 0. The van der Waals surface area contributed by atoms with Crippen molar-refractivity contribution in [3.63, 3.8) is 0 Å². The van der Waals surface area contributed by atoms with Crippen LogP contribution in [-0.2, 0) is 0 Å². The van der Waals surface area contributed by atoms with Crippen molar-refractivity contribution in [2.24, 2.45) is 11.1 Å². The SMILES string of the molecule is CC(C)(C)[C@H](O)[C@H](N)c1ccc(O)c(O)c1. The first kappa shape index (κ1) is 12.8. The second-order valence-corrected chi connectivity index (χ2v) is 5.08. The van der Waals surface area contributed by atoms with Crippen LogP contribution in [0.2, 0.25) is 0 Å². The van der Waals surface area contributed by atoms with Gasteiger partial charge in [-0.3, -0.25) is 0 Å². The topological polar surface area (TPSA) is 86.7 Å². The largest absolute Gasteiger partial charge is 0.504 e. The van der Waals surface area contributed by atoms with Crippen molar-refractivity contribution in [2.75, 3.05) is 0 Å². The van der Waals surface area contributed by atoms with Gasteiger partial charge in [-0.25, -0.2) is 0 Å². The van der Waals surface area contributed by atoms with Crippen molar-refractivity contribution < 1.29 is 15.3 Å². The standard InChI is InChI=1S/C12H19NO3/c1-12(2,3)11(16)10(13)7-4-5-8(14)9(15)6-7/h4-6,10-11,14-16H,13H2,1-3H3/t10-,11-/m1/s1. The maximum absolute atomic E-state index is 10.00. The summed E-state index contributed by atoms with van der Waals surface area (Å²) in [5, 5.41) is 28.5. The highest BCUT2D eigenvalue weighted by molar-refractivity contribution is 5.41. The van der Waals surface area contributed by atoms with E-state index in [1.54, 1.807) is 6.07 Å². The highest BCUT2D eigenvalue weighted by Gasteiger charge is 2.29. The first-order valence-electron chi connectivity index (χ1n) is 5.19. The zero-order chi connectivity index (χ0) is 12.5. The third-order valence-electron chi connectivity index (χ3n) is 2.61. The Morgan fingerprint density at radius 3 is 2.12 bits per heavy atom. The molecule has 0 unspecified atom stereocenters. The molecule has 0 bridgehead atoms. The molecule has 0 aliphatic heterocycles. The highest BCUT2D eigenvalue weighted by Crippen LogP contribution is 2.32. The molecule has 0 aromatic heterocycles. The first-order valence-corrected chi connectivity index (χ1v) is 5.19. The minimum absolute atomic E-state index is 0.193. The van der Waals surface area contributed by atoms with Crippen LogP contribution in [0.25, 0.3) is 0 Å². The fourth-order valence-electron chi connectivity index (χ4n) is 1.47. The van der Waals surface area contributed by atoms with Crippen LogP contribution in [0.3, 0.4) is 0 Å². The van der Waals surface area contributed by atoms with Gasteiger partial charge in [0.15, 0.2) is 11.5 Å². The lowest BCUT2D eigenvalue weighted by atomic mass is 9.82. The molecule has 0 heterocycles. The van der Waals surface area contributed by atoms with Gasteiger partial charge in [0.25, 0.3) is 0 Å². The van der Waals surface area contributed by atoms with Crippen LogP contribution in [0.15, 0.2) is 18.2 Å². The summed E-state index contributed by atoms with van der Waals surface area (Å²) in [6, 6.07) is 3.73. The van der Waals surface area contributed by atoms with Gasteiger partial charge in [-0.2, -0.15) is 0 Å². The number of aliphatic hydroxyl groups excluding tert-OH is 1. The number of hydrogen-bond acceptors (Lipinski definition) is 4. The molecule has 0 saturated carbocycles. The van der Waals surface area contributed by atoms with Gasteiger partial charge in [-0.15, -0.1) is 0 Å². The maximum Gasteiger partial charge on any atom is 0.157 e. The molecule has 4 nitrogen and oxygen atoms in total. The normalized spacial score (nSPS) is 15.8. The zero-order valence-electron chi connectivity index (χ0n) is 9.81. The van der Waals surface area contributed by atoms with Crippen LogP contribution < -0.4 is 5.73 Å². The zero-order valence-corrected chi connectivity index (χ0v) is 9.81. The molecule has 0 amide bonds. The third kappa shape index (κ3) is 2.65. The van der Waals surface area contributed by atoms with Crippen molar-refractivity contribution in [3.05, 3.63) is 23.8 Å². The molecule has 4 heteroatoms. The van der Waals surface area contributed by atoms with Crippen LogP contribution in [0.1, 0.15) is 32.4 Å². The Morgan fingerprint density at radius 2 is 1.69 bits per heavy atom. The molecule has 1 aromatic carbocycles. The fraction of sp³-hybridized carbons (Fsp3) is 0.500. The first-order chi connectivity index (χ1) is 7.23. The van der Waals surface area contributed by atoms with E-state index in [9.17, 15) is 15.3 Å². The number of benzene rings is 1. The predicted octanol–water partition coefficient (Wildman–Crippen LogP) is 1.50. The number of rotatable bonds is 2. The smallest absolute Gasteiger partial charge is 0.157 e. The van der Waals surface area contributed by atoms with Crippen LogP contribution in [-0.4, -0.2) is 21.4 Å². The number of phenols is 2. The van der Waals surface area contributed by atoms with Gasteiger partial charge < -0.3 is 21.1 Å². The number of hydrogen-bond donors (Lipinski definition) is 4. The lowest BCUT2D eigenvalue weighted by Crippen LogP contribution is -2.36. The summed E-state index contributed by atoms with van der Waals surface area (Å²) in [5.41, 5.74) is 6.16. The number of aromatic hydroxyl groups is 2. The van der Waals surface area contributed by atoms with Crippen molar-refractivity contribution >= 4 is 0 Å². The average molecular weight is 225 g/mol. The van der Waals surface area contributed by atoms with Crippen molar-refractivity contribution in [1.82, 2.24) is 0 Å². The van der Waals surface area contributed by atoms with Gasteiger partial charge >= 0.3 is 0 Å². The maximum atomic E-state index is 10.00. The minimum Gasteiger partial charge on any atom is -0.504 e. The molecular weight excluding hydrogens is 206 g/mol. The van der Waals surface area contributed by atoms with E-state index in [1.165, 1.54) is 12.1 Å². The Kier molecular flexibility index (Phi) is 3.45. The van der Waals surface area contributed by atoms with E-state index in [0.717, 1.165) is 0 Å². The highest BCUT2D eigenvalue weighted by atomic mass is 16.3. The van der Waals surface area contributed by atoms with Crippen LogP contribution in [0, 0.1) is 5.41 Å². The Labute approximate surface area is 95.3 Å². The molecular formula is C12H19NO3. The molecule has 16 heavy (non-hydrogen) atoms. The molecule has 0 spiro atoms. The van der Waals surface area contributed by atoms with Crippen molar-refractivity contribution in [2.45, 2.75) is 32.9 Å². The summed E-state index contributed by atoms with van der Waals surface area (Å²) in [6.45, 7) is 5.66. The summed E-state index contributed by atoms with van der Waals surface area (Å²) in [5.74, 6) is -0.421. The third-order valence-corrected chi connectivity index (χ3v) is 2.61. The van der Waals surface area contributed by atoms with Gasteiger partial charge in [0, 0.05) is 0 Å². The second-order valence-electron chi connectivity index (χ2n) is 5.08. The summed E-state index contributed by atoms with van der Waals surface area (Å²) in [6.07, 6.45) is -0.726. The van der Waals surface area contributed by atoms with Gasteiger partial charge in [-0.1, -0.05) is 26.8 Å². The molecule has 90 valence electrons. The van der Waals surface area contributed by atoms with E-state index in [1.807, 2.05) is 20.8 Å². The molecule has 0 radical (unpaired) electrons. The minimum atomic E-state index is -0.726. The lowest BCUT2D eigenvalue weighted by molar-refractivity contribution is 0.0400. The summed E-state index contributed by atoms with van der Waals surface area (Å²) >= 11 is 0. The molecule has 0 saturated heterocycles. The van der Waals surface area contributed by atoms with Crippen LogP contribution in [0.5, 0.6) is 11.5 Å². The molecule has 0 aliphatic carbocycles. The molecule has 5 N–H and O–H groups in total.